The van der Waals surface area contributed by atoms with Gasteiger partial charge in [-0.3, -0.25) is 0 Å². The summed E-state index contributed by atoms with van der Waals surface area (Å²) < 4.78 is 9.74. The molecule has 0 spiro atoms. The fraction of sp³-hybridized carbons (Fsp3) is 1.00. The number of hydrogen-bond acceptors (Lipinski definition) is 3. The van der Waals surface area contributed by atoms with Crippen molar-refractivity contribution in [2.45, 2.75) is 50.5 Å². The molecule has 0 amide bonds. The number of aliphatic hydroxyl groups excluding tert-OH is 1. The summed E-state index contributed by atoms with van der Waals surface area (Å²) in [4.78, 5) is 0.411. The first kappa shape index (κ1) is 15.4. The Labute approximate surface area is 112 Å². The molecule has 1 fully saturated rings. The minimum atomic E-state index is -1.80. The third-order valence-electron chi connectivity index (χ3n) is 2.51. The van der Waals surface area contributed by atoms with Crippen LogP contribution in [0.25, 0.3) is 0 Å². The summed E-state index contributed by atoms with van der Waals surface area (Å²) in [6.07, 6.45) is 4.34. The standard InChI is InChI=1S/C10H21O3PSe2/c1-3-12-14(15,13-4-2)16-10-8-6-5-7-9(10)11/h9-11H,3-8H2,1-2H3/t9-,10-/m0/s1. The predicted octanol–water partition coefficient (Wildman–Crippen LogP) is 2.33. The van der Waals surface area contributed by atoms with E-state index in [4.69, 9.17) is 9.05 Å². The molecule has 3 nitrogen and oxygen atoms in total. The quantitative estimate of drug-likeness (QED) is 0.570. The van der Waals surface area contributed by atoms with Crippen molar-refractivity contribution in [3.63, 3.8) is 0 Å². The molecule has 16 heavy (non-hydrogen) atoms. The monoisotopic (exact) mass is 380 g/mol. The normalized spacial score (nSPS) is 26.9. The molecule has 0 radical (unpaired) electrons. The fourth-order valence-electron chi connectivity index (χ4n) is 1.78. The van der Waals surface area contributed by atoms with Crippen molar-refractivity contribution in [2.75, 3.05) is 13.2 Å². The summed E-state index contributed by atoms with van der Waals surface area (Å²) in [6.45, 7) is 5.37. The molecular formula is C10H21O3PSe2. The Hall–Kier alpha value is 1.35. The van der Waals surface area contributed by atoms with Crippen LogP contribution in [0.3, 0.4) is 0 Å². The molecule has 6 heteroatoms. The summed E-state index contributed by atoms with van der Waals surface area (Å²) in [5, 5.41) is 9.98. The molecule has 1 aliphatic carbocycles. The van der Waals surface area contributed by atoms with Gasteiger partial charge in [-0.25, -0.2) is 0 Å². The van der Waals surface area contributed by atoms with E-state index in [2.05, 4.69) is 15.1 Å². The van der Waals surface area contributed by atoms with Gasteiger partial charge in [-0.05, 0) is 0 Å². The first-order valence-electron chi connectivity index (χ1n) is 5.87. The summed E-state index contributed by atoms with van der Waals surface area (Å²) in [6, 6.07) is 0. The molecular weight excluding hydrogens is 357 g/mol. The summed E-state index contributed by atoms with van der Waals surface area (Å²) in [7, 11) is 0. The third-order valence-corrected chi connectivity index (χ3v) is 14.1. The van der Waals surface area contributed by atoms with Crippen molar-refractivity contribution in [3.8, 4) is 0 Å². The van der Waals surface area contributed by atoms with Crippen molar-refractivity contribution < 1.29 is 14.2 Å². The van der Waals surface area contributed by atoms with Gasteiger partial charge in [0.2, 0.25) is 0 Å². The number of hydrogen-bond donors (Lipinski definition) is 1. The Morgan fingerprint density at radius 3 is 2.31 bits per heavy atom. The van der Waals surface area contributed by atoms with E-state index in [1.54, 1.807) is 0 Å². The molecule has 0 saturated heterocycles. The molecule has 0 unspecified atom stereocenters. The van der Waals surface area contributed by atoms with Crippen molar-refractivity contribution >= 4 is 34.3 Å². The van der Waals surface area contributed by atoms with Crippen LogP contribution in [-0.4, -0.2) is 54.0 Å². The van der Waals surface area contributed by atoms with Crippen molar-refractivity contribution in [2.24, 2.45) is 0 Å². The molecule has 1 rings (SSSR count). The Kier molecular flexibility index (Phi) is 7.43. The molecule has 1 aliphatic rings. The average molecular weight is 378 g/mol. The first-order chi connectivity index (χ1) is 7.61. The van der Waals surface area contributed by atoms with E-state index in [0.29, 0.717) is 18.0 Å². The van der Waals surface area contributed by atoms with E-state index in [-0.39, 0.29) is 20.6 Å². The van der Waals surface area contributed by atoms with Gasteiger partial charge in [0, 0.05) is 0 Å². The van der Waals surface area contributed by atoms with Gasteiger partial charge in [0.05, 0.1) is 0 Å². The minimum absolute atomic E-state index is 0.137. The van der Waals surface area contributed by atoms with Gasteiger partial charge in [-0.1, -0.05) is 0 Å². The van der Waals surface area contributed by atoms with Crippen molar-refractivity contribution in [1.82, 2.24) is 0 Å². The van der Waals surface area contributed by atoms with Gasteiger partial charge in [0.15, 0.2) is 0 Å². The predicted molar refractivity (Wildman–Crippen MR) is 69.9 cm³/mol. The van der Waals surface area contributed by atoms with E-state index in [0.717, 1.165) is 19.3 Å². The van der Waals surface area contributed by atoms with Crippen LogP contribution >= 0.6 is 4.65 Å². The first-order valence-corrected chi connectivity index (χ1v) is 12.9. The molecule has 0 aromatic carbocycles. The zero-order valence-electron chi connectivity index (χ0n) is 9.92. The Bertz CT molecular complexity index is 240. The number of aliphatic hydroxyl groups is 1. The molecule has 96 valence electrons. The summed E-state index contributed by atoms with van der Waals surface area (Å²) in [5.74, 6) is 0. The van der Waals surface area contributed by atoms with Crippen LogP contribution in [0.5, 0.6) is 0 Å². The summed E-state index contributed by atoms with van der Waals surface area (Å²) >= 11 is 3.38. The molecule has 0 aromatic rings. The van der Waals surface area contributed by atoms with Gasteiger partial charge in [0.1, 0.15) is 0 Å². The maximum absolute atomic E-state index is 9.98. The second-order valence-corrected chi connectivity index (χ2v) is 17.6. The van der Waals surface area contributed by atoms with E-state index in [1.807, 2.05) is 13.8 Å². The van der Waals surface area contributed by atoms with Crippen LogP contribution in [0.15, 0.2) is 0 Å². The topological polar surface area (TPSA) is 38.7 Å². The van der Waals surface area contributed by atoms with Crippen molar-refractivity contribution in [1.29, 1.82) is 0 Å². The maximum atomic E-state index is 9.98. The summed E-state index contributed by atoms with van der Waals surface area (Å²) in [5.41, 5.74) is 0. The zero-order chi connectivity index (χ0) is 12.0. The van der Waals surface area contributed by atoms with Crippen molar-refractivity contribution in [3.05, 3.63) is 0 Å². The van der Waals surface area contributed by atoms with Crippen LogP contribution in [0, 0.1) is 0 Å². The van der Waals surface area contributed by atoms with Gasteiger partial charge < -0.3 is 0 Å². The van der Waals surface area contributed by atoms with Crippen LogP contribution < -0.4 is 0 Å². The van der Waals surface area contributed by atoms with E-state index in [1.165, 1.54) is 6.42 Å². The third kappa shape index (κ3) is 4.92. The van der Waals surface area contributed by atoms with Gasteiger partial charge >= 0.3 is 112 Å². The van der Waals surface area contributed by atoms with Crippen LogP contribution in [0.2, 0.25) is 4.82 Å². The van der Waals surface area contributed by atoms with E-state index >= 15 is 0 Å². The Balaban J connectivity index is 2.55. The zero-order valence-corrected chi connectivity index (χ0v) is 14.2. The Morgan fingerprint density at radius 1 is 1.25 bits per heavy atom. The second-order valence-electron chi connectivity index (χ2n) is 3.78. The molecule has 0 heterocycles. The SMILES string of the molecule is CCOP(=[Se])(OCC)[Se][C@H]1CCCC[C@@H]1O. The Morgan fingerprint density at radius 2 is 1.81 bits per heavy atom. The molecule has 1 N–H and O–H groups in total. The average Bonchev–Trinajstić information content (AvgIpc) is 2.22. The van der Waals surface area contributed by atoms with Gasteiger partial charge in [-0.15, -0.1) is 0 Å². The number of rotatable bonds is 6. The van der Waals surface area contributed by atoms with Gasteiger partial charge in [0.25, 0.3) is 0 Å². The van der Waals surface area contributed by atoms with Gasteiger partial charge in [-0.2, -0.15) is 0 Å². The van der Waals surface area contributed by atoms with E-state index in [9.17, 15) is 5.11 Å². The van der Waals surface area contributed by atoms with Crippen LogP contribution in [-0.2, 0) is 9.05 Å². The molecule has 0 aromatic heterocycles. The molecule has 0 aliphatic heterocycles. The molecule has 2 atom stereocenters. The second kappa shape index (κ2) is 7.71. The molecule has 1 saturated carbocycles. The van der Waals surface area contributed by atoms with Crippen LogP contribution in [0.4, 0.5) is 0 Å². The van der Waals surface area contributed by atoms with Crippen LogP contribution in [0.1, 0.15) is 39.5 Å². The fourth-order valence-corrected chi connectivity index (χ4v) is 14.5. The molecule has 0 bridgehead atoms. The van der Waals surface area contributed by atoms with E-state index < -0.39 is 4.65 Å².